The lowest BCUT2D eigenvalue weighted by molar-refractivity contribution is -0.128. The molecule has 1 aromatic rings. The van der Waals surface area contributed by atoms with E-state index in [1.54, 1.807) is 0 Å². The summed E-state index contributed by atoms with van der Waals surface area (Å²) in [4.78, 5) is 11.9. The van der Waals surface area contributed by atoms with Gasteiger partial charge in [-0.3, -0.25) is 4.79 Å². The van der Waals surface area contributed by atoms with E-state index in [4.69, 9.17) is 4.74 Å². The van der Waals surface area contributed by atoms with Crippen LogP contribution in [0.25, 0.3) is 0 Å². The van der Waals surface area contributed by atoms with E-state index in [2.05, 4.69) is 19.2 Å². The van der Waals surface area contributed by atoms with Crippen LogP contribution in [0.1, 0.15) is 32.8 Å². The number of ether oxygens (including phenoxy) is 1. The molecule has 0 aliphatic rings. The number of hydrogen-bond acceptors (Lipinski definition) is 2. The van der Waals surface area contributed by atoms with Gasteiger partial charge in [-0.15, -0.1) is 0 Å². The molecule has 0 aliphatic heterocycles. The Morgan fingerprint density at radius 1 is 1.28 bits per heavy atom. The Balaban J connectivity index is 2.55. The van der Waals surface area contributed by atoms with Gasteiger partial charge in [-0.05, 0) is 31.4 Å². The third-order valence-corrected chi connectivity index (χ3v) is 2.65. The summed E-state index contributed by atoms with van der Waals surface area (Å²) in [6, 6.07) is 7.75. The van der Waals surface area contributed by atoms with Gasteiger partial charge in [-0.2, -0.15) is 0 Å². The lowest BCUT2D eigenvalue weighted by Gasteiger charge is -2.18. The summed E-state index contributed by atoms with van der Waals surface area (Å²) in [5.41, 5.74) is 1.18. The van der Waals surface area contributed by atoms with Crippen molar-refractivity contribution in [1.29, 1.82) is 0 Å². The minimum atomic E-state index is -0.411. The van der Waals surface area contributed by atoms with E-state index >= 15 is 0 Å². The Bertz CT molecular complexity index is 371. The van der Waals surface area contributed by atoms with E-state index in [1.165, 1.54) is 5.56 Å². The van der Waals surface area contributed by atoms with Crippen molar-refractivity contribution in [1.82, 2.24) is 5.32 Å². The van der Waals surface area contributed by atoms with Gasteiger partial charge in [0, 0.05) is 6.54 Å². The molecule has 0 aliphatic carbocycles. The first kappa shape index (κ1) is 14.6. The van der Waals surface area contributed by atoms with Gasteiger partial charge in [0.25, 0.3) is 5.91 Å². The molecule has 0 saturated carbocycles. The first-order chi connectivity index (χ1) is 8.52. The summed E-state index contributed by atoms with van der Waals surface area (Å²) in [5.74, 6) is 1.16. The second kappa shape index (κ2) is 7.04. The lowest BCUT2D eigenvalue weighted by Crippen LogP contribution is -2.39. The Labute approximate surface area is 110 Å². The van der Waals surface area contributed by atoms with Gasteiger partial charge in [-0.25, -0.2) is 0 Å². The van der Waals surface area contributed by atoms with E-state index in [9.17, 15) is 4.79 Å². The Morgan fingerprint density at radius 2 is 1.89 bits per heavy atom. The van der Waals surface area contributed by atoms with Crippen LogP contribution in [0.5, 0.6) is 5.75 Å². The molecule has 1 atom stereocenters. The zero-order valence-corrected chi connectivity index (χ0v) is 11.7. The second-order valence-corrected chi connectivity index (χ2v) is 4.97. The smallest absolute Gasteiger partial charge is 0.261 e. The molecule has 18 heavy (non-hydrogen) atoms. The highest BCUT2D eigenvalue weighted by atomic mass is 16.5. The maximum absolute atomic E-state index is 11.9. The molecule has 1 aromatic carbocycles. The van der Waals surface area contributed by atoms with Crippen LogP contribution < -0.4 is 10.1 Å². The molecule has 3 heteroatoms. The van der Waals surface area contributed by atoms with E-state index in [-0.39, 0.29) is 5.91 Å². The minimum Gasteiger partial charge on any atom is -0.481 e. The molecule has 0 unspecified atom stereocenters. The summed E-state index contributed by atoms with van der Waals surface area (Å²) in [5, 5.41) is 2.90. The molecule has 0 aromatic heterocycles. The van der Waals surface area contributed by atoms with Gasteiger partial charge in [-0.1, -0.05) is 38.5 Å². The Morgan fingerprint density at radius 3 is 2.39 bits per heavy atom. The molecular formula is C15H23NO2. The average Bonchev–Trinajstić information content (AvgIpc) is 2.35. The highest BCUT2D eigenvalue weighted by molar-refractivity contribution is 5.81. The second-order valence-electron chi connectivity index (χ2n) is 4.97. The molecule has 0 saturated heterocycles. The molecule has 0 fully saturated rings. The summed E-state index contributed by atoms with van der Waals surface area (Å²) in [6.07, 6.45) is 0.254. The Hall–Kier alpha value is -1.51. The predicted molar refractivity (Wildman–Crippen MR) is 73.7 cm³/mol. The molecule has 1 rings (SSSR count). The van der Waals surface area contributed by atoms with Gasteiger partial charge < -0.3 is 10.1 Å². The summed E-state index contributed by atoms with van der Waals surface area (Å²) < 4.78 is 5.70. The number of hydrogen-bond donors (Lipinski definition) is 1. The first-order valence-electron chi connectivity index (χ1n) is 6.54. The van der Waals surface area contributed by atoms with Crippen molar-refractivity contribution < 1.29 is 9.53 Å². The molecule has 100 valence electrons. The highest BCUT2D eigenvalue weighted by Gasteiger charge is 2.17. The predicted octanol–water partition coefficient (Wildman–Crippen LogP) is 2.92. The van der Waals surface area contributed by atoms with Crippen LogP contribution in [0.4, 0.5) is 0 Å². The number of amides is 1. The van der Waals surface area contributed by atoms with E-state index in [0.717, 1.165) is 5.75 Å². The lowest BCUT2D eigenvalue weighted by atomic mass is 10.2. The number of rotatable bonds is 6. The third-order valence-electron chi connectivity index (χ3n) is 2.65. The third kappa shape index (κ3) is 4.78. The summed E-state index contributed by atoms with van der Waals surface area (Å²) >= 11 is 0. The number of aryl methyl sites for hydroxylation is 1. The van der Waals surface area contributed by atoms with Crippen molar-refractivity contribution in [3.8, 4) is 5.75 Å². The maximum atomic E-state index is 11.9. The fourth-order valence-electron chi connectivity index (χ4n) is 1.52. The van der Waals surface area contributed by atoms with Crippen LogP contribution in [-0.4, -0.2) is 18.6 Å². The fourth-order valence-corrected chi connectivity index (χ4v) is 1.52. The van der Waals surface area contributed by atoms with Crippen LogP contribution in [0.15, 0.2) is 24.3 Å². The fraction of sp³-hybridized carbons (Fsp3) is 0.533. The van der Waals surface area contributed by atoms with Crippen LogP contribution in [0, 0.1) is 12.8 Å². The summed E-state index contributed by atoms with van der Waals surface area (Å²) in [6.45, 7) is 8.81. The van der Waals surface area contributed by atoms with Gasteiger partial charge >= 0.3 is 0 Å². The minimum absolute atomic E-state index is 0.0354. The summed E-state index contributed by atoms with van der Waals surface area (Å²) in [7, 11) is 0. The first-order valence-corrected chi connectivity index (χ1v) is 6.54. The number of carbonyl (C=O) groups is 1. The molecule has 1 amide bonds. The van der Waals surface area contributed by atoms with Gasteiger partial charge in [0.2, 0.25) is 0 Å². The van der Waals surface area contributed by atoms with Crippen LogP contribution in [0.3, 0.4) is 0 Å². The van der Waals surface area contributed by atoms with Crippen LogP contribution in [-0.2, 0) is 4.79 Å². The number of benzene rings is 1. The van der Waals surface area contributed by atoms with E-state index in [0.29, 0.717) is 18.9 Å². The van der Waals surface area contributed by atoms with Crippen molar-refractivity contribution in [2.75, 3.05) is 6.54 Å². The molecule has 0 bridgehead atoms. The van der Waals surface area contributed by atoms with Gasteiger partial charge in [0.05, 0.1) is 0 Å². The quantitative estimate of drug-likeness (QED) is 0.841. The molecule has 0 radical (unpaired) electrons. The monoisotopic (exact) mass is 249 g/mol. The highest BCUT2D eigenvalue weighted by Crippen LogP contribution is 2.14. The van der Waals surface area contributed by atoms with Crippen molar-refractivity contribution >= 4 is 5.91 Å². The molecular weight excluding hydrogens is 226 g/mol. The van der Waals surface area contributed by atoms with Gasteiger partial charge in [0.15, 0.2) is 6.10 Å². The van der Waals surface area contributed by atoms with E-state index < -0.39 is 6.10 Å². The zero-order chi connectivity index (χ0) is 13.5. The number of nitrogens with one attached hydrogen (secondary N) is 1. The van der Waals surface area contributed by atoms with Crippen molar-refractivity contribution in [2.45, 2.75) is 40.2 Å². The zero-order valence-electron chi connectivity index (χ0n) is 11.7. The topological polar surface area (TPSA) is 38.3 Å². The molecule has 0 spiro atoms. The molecule has 3 nitrogen and oxygen atoms in total. The standard InChI is InChI=1S/C15H23NO2/c1-5-14(15(17)16-10-11(2)3)18-13-8-6-12(4)7-9-13/h6-9,11,14H,5,10H2,1-4H3,(H,16,17)/t14-/m0/s1. The maximum Gasteiger partial charge on any atom is 0.261 e. The van der Waals surface area contributed by atoms with Crippen LogP contribution in [0.2, 0.25) is 0 Å². The average molecular weight is 249 g/mol. The normalized spacial score (nSPS) is 12.3. The SMILES string of the molecule is CC[C@H](Oc1ccc(C)cc1)C(=O)NCC(C)C. The van der Waals surface area contributed by atoms with Crippen LogP contribution >= 0.6 is 0 Å². The van der Waals surface area contributed by atoms with Crippen molar-refractivity contribution in [2.24, 2.45) is 5.92 Å². The van der Waals surface area contributed by atoms with E-state index in [1.807, 2.05) is 38.1 Å². The molecule has 0 heterocycles. The van der Waals surface area contributed by atoms with Gasteiger partial charge in [0.1, 0.15) is 5.75 Å². The largest absolute Gasteiger partial charge is 0.481 e. The Kier molecular flexibility index (Phi) is 5.69. The van der Waals surface area contributed by atoms with Crippen molar-refractivity contribution in [3.05, 3.63) is 29.8 Å². The molecule has 1 N–H and O–H groups in total. The van der Waals surface area contributed by atoms with Crippen molar-refractivity contribution in [3.63, 3.8) is 0 Å². The number of carbonyl (C=O) groups excluding carboxylic acids is 1.